The van der Waals surface area contributed by atoms with Crippen molar-refractivity contribution in [1.29, 1.82) is 0 Å². The van der Waals surface area contributed by atoms with E-state index in [1.165, 1.54) is 0 Å². The Morgan fingerprint density at radius 1 is 0.953 bits per heavy atom. The Hall–Kier alpha value is -0.360. The second-order valence-electron chi connectivity index (χ2n) is 17.6. The number of rotatable bonds is 4. The van der Waals surface area contributed by atoms with Crippen LogP contribution in [0.25, 0.3) is 0 Å². The van der Waals surface area contributed by atoms with E-state index < -0.39 is 41.9 Å². The Morgan fingerprint density at radius 3 is 2.35 bits per heavy atom. The summed E-state index contributed by atoms with van der Waals surface area (Å²) in [4.78, 5) is 0. The van der Waals surface area contributed by atoms with Crippen LogP contribution >= 0.6 is 0 Å². The third-order valence-electron chi connectivity index (χ3n) is 15.2. The largest absolute Gasteiger partial charge is 0.392 e. The van der Waals surface area contributed by atoms with Crippen LogP contribution in [0.1, 0.15) is 99.3 Å². The summed E-state index contributed by atoms with van der Waals surface area (Å²) in [5.74, 6) is 1.37. The van der Waals surface area contributed by atoms with Gasteiger partial charge in [0.15, 0.2) is 6.29 Å². The third kappa shape index (κ3) is 3.95. The predicted molar refractivity (Wildman–Crippen MR) is 159 cm³/mol. The van der Waals surface area contributed by atoms with E-state index in [-0.39, 0.29) is 52.4 Å². The van der Waals surface area contributed by atoms with Crippen molar-refractivity contribution in [3.8, 4) is 0 Å². The SMILES string of the molecule is CC1CC([C@H](O)C(C)(C)O)NC2C[C@@]3(C)[C@@H]4CC[C@H]5[C@]6(CCC[C@]5(C)O[C@H]5OC[C@@H](O)[C@H](O)[C@H]5O)C[C@@]46[C@@H](O)C[C@@]3(C)C12. The van der Waals surface area contributed by atoms with Gasteiger partial charge in [-0.05, 0) is 118 Å². The number of aliphatic hydroxyl groups is 6. The molecule has 2 spiro atoms. The van der Waals surface area contributed by atoms with Crippen molar-refractivity contribution in [2.45, 2.75) is 159 Å². The van der Waals surface area contributed by atoms with Gasteiger partial charge in [-0.2, -0.15) is 0 Å². The van der Waals surface area contributed by atoms with Crippen LogP contribution in [0.15, 0.2) is 0 Å². The van der Waals surface area contributed by atoms with Crippen LogP contribution < -0.4 is 5.32 Å². The number of hydrogen-bond donors (Lipinski definition) is 7. The van der Waals surface area contributed by atoms with Gasteiger partial charge in [0.05, 0.1) is 30.0 Å². The second kappa shape index (κ2) is 9.60. The number of aliphatic hydroxyl groups excluding tert-OH is 5. The first-order valence-corrected chi connectivity index (χ1v) is 17.1. The molecular weight excluding hydrogens is 550 g/mol. The molecule has 9 heteroatoms. The zero-order chi connectivity index (χ0) is 31.1. The van der Waals surface area contributed by atoms with Crippen molar-refractivity contribution in [1.82, 2.24) is 5.32 Å². The van der Waals surface area contributed by atoms with Crippen LogP contribution in [0.5, 0.6) is 0 Å². The molecule has 0 amide bonds. The number of piperidine rings is 1. The quantitative estimate of drug-likeness (QED) is 0.255. The van der Waals surface area contributed by atoms with Gasteiger partial charge in [0.25, 0.3) is 0 Å². The zero-order valence-corrected chi connectivity index (χ0v) is 27.0. The Labute approximate surface area is 256 Å². The molecule has 5 aliphatic carbocycles. The highest BCUT2D eigenvalue weighted by Gasteiger charge is 2.85. The predicted octanol–water partition coefficient (Wildman–Crippen LogP) is 2.08. The minimum atomic E-state index is -1.31. The Bertz CT molecular complexity index is 1120. The van der Waals surface area contributed by atoms with Crippen molar-refractivity contribution in [3.05, 3.63) is 0 Å². The van der Waals surface area contributed by atoms with Crippen LogP contribution in [-0.2, 0) is 9.47 Å². The fourth-order valence-corrected chi connectivity index (χ4v) is 13.4. The van der Waals surface area contributed by atoms with Gasteiger partial charge in [-0.25, -0.2) is 0 Å². The molecule has 0 aromatic rings. The minimum Gasteiger partial charge on any atom is -0.392 e. The second-order valence-corrected chi connectivity index (χ2v) is 17.6. The lowest BCUT2D eigenvalue weighted by Crippen LogP contribution is -2.64. The molecule has 5 saturated carbocycles. The molecule has 0 bridgehead atoms. The van der Waals surface area contributed by atoms with Gasteiger partial charge in [-0.15, -0.1) is 0 Å². The van der Waals surface area contributed by atoms with Gasteiger partial charge in [-0.3, -0.25) is 0 Å². The molecule has 2 saturated heterocycles. The van der Waals surface area contributed by atoms with Gasteiger partial charge in [-0.1, -0.05) is 20.8 Å². The molecule has 0 aromatic carbocycles. The molecule has 7 fully saturated rings. The first-order chi connectivity index (χ1) is 20.0. The van der Waals surface area contributed by atoms with Crippen molar-refractivity contribution < 1.29 is 40.1 Å². The molecule has 9 nitrogen and oxygen atoms in total. The lowest BCUT2D eigenvalue weighted by Gasteiger charge is -2.64. The summed E-state index contributed by atoms with van der Waals surface area (Å²) in [6.45, 7) is 12.7. The van der Waals surface area contributed by atoms with Crippen LogP contribution in [0.4, 0.5) is 0 Å². The lowest BCUT2D eigenvalue weighted by atomic mass is 9.42. The lowest BCUT2D eigenvalue weighted by molar-refractivity contribution is -0.319. The molecule has 246 valence electrons. The van der Waals surface area contributed by atoms with Crippen LogP contribution in [0.2, 0.25) is 0 Å². The van der Waals surface area contributed by atoms with Gasteiger partial charge in [0, 0.05) is 17.5 Å². The van der Waals surface area contributed by atoms with E-state index >= 15 is 0 Å². The maximum atomic E-state index is 12.3. The van der Waals surface area contributed by atoms with E-state index in [4.69, 9.17) is 9.47 Å². The van der Waals surface area contributed by atoms with Crippen molar-refractivity contribution in [2.24, 2.45) is 45.3 Å². The molecule has 17 atom stereocenters. The van der Waals surface area contributed by atoms with E-state index in [2.05, 4.69) is 33.0 Å². The average molecular weight is 608 g/mol. The minimum absolute atomic E-state index is 0.0170. The van der Waals surface area contributed by atoms with Crippen LogP contribution in [0, 0.1) is 45.3 Å². The summed E-state index contributed by atoms with van der Waals surface area (Å²) in [6, 6.07) is 0.0841. The first kappa shape index (κ1) is 31.3. The van der Waals surface area contributed by atoms with Crippen LogP contribution in [0.3, 0.4) is 0 Å². The summed E-state index contributed by atoms with van der Waals surface area (Å²) in [5.41, 5.74) is -1.90. The highest BCUT2D eigenvalue weighted by Crippen LogP contribution is 2.88. The number of hydrogen-bond acceptors (Lipinski definition) is 9. The van der Waals surface area contributed by atoms with Gasteiger partial charge >= 0.3 is 0 Å². The fourth-order valence-electron chi connectivity index (χ4n) is 13.4. The van der Waals surface area contributed by atoms with Gasteiger partial charge < -0.3 is 45.4 Å². The van der Waals surface area contributed by atoms with Gasteiger partial charge in [0.2, 0.25) is 0 Å². The summed E-state index contributed by atoms with van der Waals surface area (Å²) < 4.78 is 12.3. The Morgan fingerprint density at radius 2 is 1.65 bits per heavy atom. The smallest absolute Gasteiger partial charge is 0.186 e. The van der Waals surface area contributed by atoms with E-state index in [0.717, 1.165) is 57.8 Å². The van der Waals surface area contributed by atoms with E-state index in [1.807, 2.05) is 0 Å². The summed E-state index contributed by atoms with van der Waals surface area (Å²) in [6.07, 6.45) is 2.59. The summed E-state index contributed by atoms with van der Waals surface area (Å²) in [5, 5.41) is 68.8. The molecule has 2 aliphatic heterocycles. The monoisotopic (exact) mass is 607 g/mol. The average Bonchev–Trinajstić information content (AvgIpc) is 3.54. The Balaban J connectivity index is 1.17. The highest BCUT2D eigenvalue weighted by atomic mass is 16.7. The topological polar surface area (TPSA) is 152 Å². The molecule has 7 N–H and O–H groups in total. The maximum Gasteiger partial charge on any atom is 0.186 e. The molecule has 0 radical (unpaired) electrons. The third-order valence-corrected chi connectivity index (χ3v) is 15.2. The van der Waals surface area contributed by atoms with Gasteiger partial charge in [0.1, 0.15) is 18.3 Å². The highest BCUT2D eigenvalue weighted by molar-refractivity contribution is 5.34. The summed E-state index contributed by atoms with van der Waals surface area (Å²) in [7, 11) is 0. The van der Waals surface area contributed by atoms with Crippen molar-refractivity contribution in [2.75, 3.05) is 6.61 Å². The molecule has 0 aromatic heterocycles. The molecule has 2 heterocycles. The fraction of sp³-hybridized carbons (Fsp3) is 1.00. The van der Waals surface area contributed by atoms with Crippen molar-refractivity contribution >= 4 is 0 Å². The van der Waals surface area contributed by atoms with E-state index in [9.17, 15) is 30.6 Å². The molecule has 7 aliphatic rings. The molecule has 43 heavy (non-hydrogen) atoms. The molecular formula is C34H57NO8. The van der Waals surface area contributed by atoms with E-state index in [1.54, 1.807) is 13.8 Å². The number of ether oxygens (including phenoxy) is 2. The molecule has 4 unspecified atom stereocenters. The standard InChI is InChI=1S/C34H57NO8/c1-17-12-18(27(40)29(2,3)41)35-19-13-30(4)21-8-9-22-32(6,43-28-26(39)25(38)20(36)15-42-28)10-7-11-33(22)16-34(21,33)23(37)14-31(30,5)24(17)19/h17-28,35-41H,7-16H2,1-6H3/t17?,18?,19?,20-,21+,22-,23+,24?,25+,26-,27+,28-,30+,31+,32+,33+,34+/m1/s1. The molecule has 7 rings (SSSR count). The first-order valence-electron chi connectivity index (χ1n) is 17.1. The number of nitrogens with one attached hydrogen (secondary N) is 1. The van der Waals surface area contributed by atoms with Crippen LogP contribution in [-0.4, -0.2) is 97.3 Å². The van der Waals surface area contributed by atoms with E-state index in [0.29, 0.717) is 17.8 Å². The maximum absolute atomic E-state index is 12.3. The number of fused-ring (bicyclic) bond motifs is 4. The zero-order valence-electron chi connectivity index (χ0n) is 27.0. The summed E-state index contributed by atoms with van der Waals surface area (Å²) >= 11 is 0. The normalized spacial score (nSPS) is 60.1. The van der Waals surface area contributed by atoms with Crippen molar-refractivity contribution in [3.63, 3.8) is 0 Å². The Kier molecular flexibility index (Phi) is 6.98.